The molecule has 1 rings (SSSR count). The number of halogens is 1. The van der Waals surface area contributed by atoms with Crippen LogP contribution in [0.25, 0.3) is 0 Å². The van der Waals surface area contributed by atoms with Crippen LogP contribution in [0, 0.1) is 12.9 Å². The number of pyridine rings is 1. The molecule has 0 saturated heterocycles. The number of esters is 1. The van der Waals surface area contributed by atoms with Crippen molar-refractivity contribution in [2.24, 2.45) is 0 Å². The molecule has 2 atom stereocenters. The second kappa shape index (κ2) is 6.42. The predicted octanol–water partition coefficient (Wildman–Crippen LogP) is 0.877. The molecular formula is C12H16FNO4. The molecule has 1 aromatic heterocycles. The fourth-order valence-corrected chi connectivity index (χ4v) is 1.55. The van der Waals surface area contributed by atoms with Crippen molar-refractivity contribution in [1.29, 1.82) is 0 Å². The van der Waals surface area contributed by atoms with Gasteiger partial charge in [-0.15, -0.1) is 0 Å². The zero-order valence-corrected chi connectivity index (χ0v) is 10.3. The average molecular weight is 257 g/mol. The van der Waals surface area contributed by atoms with Gasteiger partial charge >= 0.3 is 5.97 Å². The van der Waals surface area contributed by atoms with Crippen LogP contribution in [0.2, 0.25) is 0 Å². The Morgan fingerprint density at radius 3 is 2.78 bits per heavy atom. The van der Waals surface area contributed by atoms with Crippen molar-refractivity contribution in [2.75, 3.05) is 6.61 Å². The van der Waals surface area contributed by atoms with E-state index in [2.05, 4.69) is 9.72 Å². The van der Waals surface area contributed by atoms with E-state index in [0.29, 0.717) is 5.56 Å². The number of ether oxygens (including phenoxy) is 1. The molecule has 18 heavy (non-hydrogen) atoms. The Bertz CT molecular complexity index is 425. The Balaban J connectivity index is 2.73. The fraction of sp³-hybridized carbons (Fsp3) is 0.500. The van der Waals surface area contributed by atoms with Crippen LogP contribution in [-0.4, -0.2) is 33.9 Å². The molecule has 0 aliphatic carbocycles. The van der Waals surface area contributed by atoms with E-state index >= 15 is 0 Å². The predicted molar refractivity (Wildman–Crippen MR) is 61.1 cm³/mol. The molecule has 0 radical (unpaired) electrons. The number of hydrogen-bond acceptors (Lipinski definition) is 5. The molecule has 0 saturated carbocycles. The van der Waals surface area contributed by atoms with E-state index < -0.39 is 24.1 Å². The number of carbonyl (C=O) groups excluding carboxylic acids is 1. The van der Waals surface area contributed by atoms with E-state index in [1.807, 2.05) is 0 Å². The summed E-state index contributed by atoms with van der Waals surface area (Å²) in [4.78, 5) is 14.6. The van der Waals surface area contributed by atoms with Crippen LogP contribution >= 0.6 is 0 Å². The van der Waals surface area contributed by atoms with Gasteiger partial charge in [-0.1, -0.05) is 0 Å². The molecule has 0 spiro atoms. The van der Waals surface area contributed by atoms with E-state index in [1.165, 1.54) is 0 Å². The summed E-state index contributed by atoms with van der Waals surface area (Å²) in [6.07, 6.45) is -1.80. The van der Waals surface area contributed by atoms with Gasteiger partial charge in [0.05, 0.1) is 19.1 Å². The lowest BCUT2D eigenvalue weighted by molar-refractivity contribution is -0.147. The van der Waals surface area contributed by atoms with Crippen LogP contribution in [0.3, 0.4) is 0 Å². The van der Waals surface area contributed by atoms with Gasteiger partial charge in [0.25, 0.3) is 0 Å². The molecule has 1 aromatic rings. The summed E-state index contributed by atoms with van der Waals surface area (Å²) >= 11 is 0. The van der Waals surface area contributed by atoms with E-state index in [-0.39, 0.29) is 18.6 Å². The van der Waals surface area contributed by atoms with Gasteiger partial charge in [-0.05, 0) is 25.5 Å². The minimum Gasteiger partial charge on any atom is -0.466 e. The lowest BCUT2D eigenvalue weighted by atomic mass is 10.00. The molecule has 0 amide bonds. The van der Waals surface area contributed by atoms with Gasteiger partial charge in [0.15, 0.2) is 0 Å². The highest BCUT2D eigenvalue weighted by atomic mass is 19.1. The Hall–Kier alpha value is -1.53. The summed E-state index contributed by atoms with van der Waals surface area (Å²) in [5, 5.41) is 19.5. The monoisotopic (exact) mass is 257 g/mol. The van der Waals surface area contributed by atoms with E-state index in [1.54, 1.807) is 13.8 Å². The molecule has 2 unspecified atom stereocenters. The maximum absolute atomic E-state index is 12.8. The lowest BCUT2D eigenvalue weighted by Crippen LogP contribution is -2.24. The topological polar surface area (TPSA) is 79.7 Å². The van der Waals surface area contributed by atoms with Crippen molar-refractivity contribution in [1.82, 2.24) is 4.98 Å². The van der Waals surface area contributed by atoms with Gasteiger partial charge in [-0.25, -0.2) is 4.98 Å². The van der Waals surface area contributed by atoms with Gasteiger partial charge in [0, 0.05) is 11.8 Å². The highest BCUT2D eigenvalue weighted by Gasteiger charge is 2.23. The summed E-state index contributed by atoms with van der Waals surface area (Å²) < 4.78 is 17.5. The molecule has 0 aromatic carbocycles. The Morgan fingerprint density at radius 2 is 2.22 bits per heavy atom. The minimum absolute atomic E-state index is 0.207. The summed E-state index contributed by atoms with van der Waals surface area (Å²) in [7, 11) is 0. The van der Waals surface area contributed by atoms with Crippen molar-refractivity contribution < 1.29 is 24.1 Å². The SMILES string of the molecule is CCOC(=O)CC(O)C(O)c1cnc(F)cc1C. The first-order valence-electron chi connectivity index (χ1n) is 5.59. The molecule has 0 fully saturated rings. The third kappa shape index (κ3) is 3.75. The molecule has 1 heterocycles. The molecule has 0 aliphatic rings. The second-order valence-electron chi connectivity index (χ2n) is 3.88. The smallest absolute Gasteiger partial charge is 0.308 e. The van der Waals surface area contributed by atoms with E-state index in [4.69, 9.17) is 0 Å². The third-order valence-corrected chi connectivity index (χ3v) is 2.48. The Kier molecular flexibility index (Phi) is 5.18. The highest BCUT2D eigenvalue weighted by molar-refractivity contribution is 5.70. The minimum atomic E-state index is -1.31. The third-order valence-electron chi connectivity index (χ3n) is 2.48. The maximum Gasteiger partial charge on any atom is 0.308 e. The molecule has 6 heteroatoms. The van der Waals surface area contributed by atoms with Crippen LogP contribution in [0.15, 0.2) is 12.3 Å². The number of nitrogens with zero attached hydrogens (tertiary/aromatic N) is 1. The zero-order chi connectivity index (χ0) is 13.7. The normalized spacial score (nSPS) is 14.1. The Labute approximate surface area is 104 Å². The summed E-state index contributed by atoms with van der Waals surface area (Å²) in [5.74, 6) is -1.26. The fourth-order valence-electron chi connectivity index (χ4n) is 1.55. The van der Waals surface area contributed by atoms with Crippen LogP contribution in [0.1, 0.15) is 30.6 Å². The van der Waals surface area contributed by atoms with E-state index in [0.717, 1.165) is 12.3 Å². The Morgan fingerprint density at radius 1 is 1.56 bits per heavy atom. The van der Waals surface area contributed by atoms with Gasteiger partial charge in [-0.2, -0.15) is 4.39 Å². The van der Waals surface area contributed by atoms with Gasteiger partial charge in [0.2, 0.25) is 5.95 Å². The van der Waals surface area contributed by atoms with Crippen molar-refractivity contribution >= 4 is 5.97 Å². The van der Waals surface area contributed by atoms with Crippen LogP contribution in [0.5, 0.6) is 0 Å². The number of rotatable bonds is 5. The summed E-state index contributed by atoms with van der Waals surface area (Å²) in [6, 6.07) is 1.15. The number of aliphatic hydroxyl groups is 2. The second-order valence-corrected chi connectivity index (χ2v) is 3.88. The van der Waals surface area contributed by atoms with Crippen LogP contribution in [-0.2, 0) is 9.53 Å². The molecule has 0 aliphatic heterocycles. The number of aryl methyl sites for hydroxylation is 1. The largest absolute Gasteiger partial charge is 0.466 e. The number of aliphatic hydroxyl groups excluding tert-OH is 2. The molecule has 100 valence electrons. The molecule has 0 bridgehead atoms. The van der Waals surface area contributed by atoms with Crippen molar-refractivity contribution in [3.05, 3.63) is 29.3 Å². The zero-order valence-electron chi connectivity index (χ0n) is 10.3. The summed E-state index contributed by atoms with van der Waals surface area (Å²) in [5.41, 5.74) is 0.742. The maximum atomic E-state index is 12.8. The molecule has 2 N–H and O–H groups in total. The number of carbonyl (C=O) groups is 1. The quantitative estimate of drug-likeness (QED) is 0.604. The lowest BCUT2D eigenvalue weighted by Gasteiger charge is -2.18. The van der Waals surface area contributed by atoms with Gasteiger partial charge in [-0.3, -0.25) is 4.79 Å². The molecule has 5 nitrogen and oxygen atoms in total. The highest BCUT2D eigenvalue weighted by Crippen LogP contribution is 2.22. The van der Waals surface area contributed by atoms with E-state index in [9.17, 15) is 19.4 Å². The molecular weight excluding hydrogens is 241 g/mol. The first-order chi connectivity index (χ1) is 8.45. The van der Waals surface area contributed by atoms with Crippen LogP contribution in [0.4, 0.5) is 4.39 Å². The summed E-state index contributed by atoms with van der Waals surface area (Å²) in [6.45, 7) is 3.44. The van der Waals surface area contributed by atoms with Crippen molar-refractivity contribution in [2.45, 2.75) is 32.5 Å². The van der Waals surface area contributed by atoms with Crippen molar-refractivity contribution in [3.63, 3.8) is 0 Å². The number of aromatic nitrogens is 1. The average Bonchev–Trinajstić information content (AvgIpc) is 2.28. The first kappa shape index (κ1) is 14.5. The van der Waals surface area contributed by atoms with Gasteiger partial charge in [0.1, 0.15) is 6.10 Å². The van der Waals surface area contributed by atoms with Crippen molar-refractivity contribution in [3.8, 4) is 0 Å². The van der Waals surface area contributed by atoms with Crippen LogP contribution < -0.4 is 0 Å². The first-order valence-corrected chi connectivity index (χ1v) is 5.59. The number of hydrogen-bond donors (Lipinski definition) is 2. The van der Waals surface area contributed by atoms with Gasteiger partial charge < -0.3 is 14.9 Å². The standard InChI is InChI=1S/C12H16FNO4/c1-3-18-11(16)5-9(15)12(17)8-6-14-10(13)4-7(8)2/h4,6,9,12,15,17H,3,5H2,1-2H3.